The number of aryl methyl sites for hydroxylation is 1. The van der Waals surface area contributed by atoms with Crippen LogP contribution in [0.5, 0.6) is 0 Å². The Morgan fingerprint density at radius 3 is 2.70 bits per heavy atom. The number of methoxy groups -OCH3 is 1. The predicted octanol–water partition coefficient (Wildman–Crippen LogP) is 2.82. The fourth-order valence-corrected chi connectivity index (χ4v) is 3.67. The van der Waals surface area contributed by atoms with Crippen LogP contribution >= 0.6 is 11.3 Å². The third-order valence-electron chi connectivity index (χ3n) is 4.07. The van der Waals surface area contributed by atoms with Crippen molar-refractivity contribution in [3.63, 3.8) is 0 Å². The number of carbonyl (C=O) groups excluding carboxylic acids is 1. The Morgan fingerprint density at radius 1 is 1.35 bits per heavy atom. The fourth-order valence-electron chi connectivity index (χ4n) is 2.66. The minimum absolute atomic E-state index is 0.0668. The minimum atomic E-state index is 0.0668. The van der Waals surface area contributed by atoms with E-state index in [0.29, 0.717) is 6.61 Å². The van der Waals surface area contributed by atoms with Crippen LogP contribution in [0.4, 0.5) is 0 Å². The van der Waals surface area contributed by atoms with Gasteiger partial charge in [0.25, 0.3) is 5.91 Å². The van der Waals surface area contributed by atoms with Gasteiger partial charge in [-0.3, -0.25) is 4.79 Å². The lowest BCUT2D eigenvalue weighted by Gasteiger charge is -2.17. The molecule has 112 valence electrons. The molecule has 1 aliphatic rings. The molecule has 0 aliphatic heterocycles. The fraction of sp³-hybridized carbons (Fsp3) is 0.733. The lowest BCUT2D eigenvalue weighted by Crippen LogP contribution is -2.23. The number of rotatable bonds is 4. The zero-order valence-corrected chi connectivity index (χ0v) is 13.5. The topological polar surface area (TPSA) is 43.6 Å². The second-order valence-corrected chi connectivity index (χ2v) is 6.64. The quantitative estimate of drug-likeness (QED) is 0.857. The van der Waals surface area contributed by atoms with Crippen LogP contribution in [-0.2, 0) is 16.1 Å². The van der Waals surface area contributed by atoms with Crippen LogP contribution in [0.25, 0.3) is 0 Å². The molecular formula is C15H24N2O2S. The maximum Gasteiger partial charge on any atom is 0.251 e. The van der Waals surface area contributed by atoms with Gasteiger partial charge in [-0.1, -0.05) is 19.3 Å². The molecule has 0 unspecified atom stereocenters. The molecule has 0 bridgehead atoms. The molecule has 4 nitrogen and oxygen atoms in total. The van der Waals surface area contributed by atoms with Crippen LogP contribution in [-0.4, -0.2) is 24.2 Å². The summed E-state index contributed by atoms with van der Waals surface area (Å²) < 4.78 is 7.24. The van der Waals surface area contributed by atoms with E-state index in [4.69, 9.17) is 4.74 Å². The predicted molar refractivity (Wildman–Crippen MR) is 80.8 cm³/mol. The number of carbonyl (C=O) groups is 1. The third-order valence-corrected chi connectivity index (χ3v) is 5.16. The monoisotopic (exact) mass is 296 g/mol. The molecule has 0 atom stereocenters. The van der Waals surface area contributed by atoms with Gasteiger partial charge in [0.15, 0.2) is 4.80 Å². The summed E-state index contributed by atoms with van der Waals surface area (Å²) in [4.78, 5) is 18.8. The summed E-state index contributed by atoms with van der Waals surface area (Å²) in [5, 5.41) is 0. The van der Waals surface area contributed by atoms with Gasteiger partial charge in [0.2, 0.25) is 0 Å². The first kappa shape index (κ1) is 15.4. The molecule has 0 radical (unpaired) electrons. The molecule has 1 amide bonds. The molecule has 0 saturated heterocycles. The first-order chi connectivity index (χ1) is 9.63. The van der Waals surface area contributed by atoms with Crippen LogP contribution < -0.4 is 4.80 Å². The molecule has 0 aromatic carbocycles. The van der Waals surface area contributed by atoms with E-state index in [1.165, 1.54) is 17.0 Å². The Balaban J connectivity index is 2.23. The lowest BCUT2D eigenvalue weighted by atomic mass is 9.89. The van der Waals surface area contributed by atoms with Gasteiger partial charge in [0.1, 0.15) is 0 Å². The van der Waals surface area contributed by atoms with Gasteiger partial charge >= 0.3 is 0 Å². The van der Waals surface area contributed by atoms with Crippen molar-refractivity contribution >= 4 is 17.2 Å². The van der Waals surface area contributed by atoms with E-state index in [9.17, 15) is 4.79 Å². The van der Waals surface area contributed by atoms with E-state index < -0.39 is 0 Å². The molecule has 20 heavy (non-hydrogen) atoms. The summed E-state index contributed by atoms with van der Waals surface area (Å²) in [6, 6.07) is 0. The second kappa shape index (κ2) is 7.18. The van der Waals surface area contributed by atoms with Gasteiger partial charge in [0, 0.05) is 30.1 Å². The normalized spacial score (nSPS) is 17.6. The van der Waals surface area contributed by atoms with E-state index in [2.05, 4.69) is 23.4 Å². The van der Waals surface area contributed by atoms with Crippen molar-refractivity contribution < 1.29 is 9.53 Å². The molecule has 1 heterocycles. The van der Waals surface area contributed by atoms with Gasteiger partial charge in [-0.05, 0) is 26.7 Å². The summed E-state index contributed by atoms with van der Waals surface area (Å²) in [6.45, 7) is 5.55. The van der Waals surface area contributed by atoms with Gasteiger partial charge in [-0.2, -0.15) is 4.99 Å². The Bertz CT molecular complexity index is 524. The van der Waals surface area contributed by atoms with Gasteiger partial charge < -0.3 is 9.30 Å². The molecule has 1 aromatic heterocycles. The van der Waals surface area contributed by atoms with Crippen LogP contribution in [0.3, 0.4) is 0 Å². The average molecular weight is 296 g/mol. The number of hydrogen-bond acceptors (Lipinski definition) is 3. The zero-order chi connectivity index (χ0) is 14.5. The highest BCUT2D eigenvalue weighted by Gasteiger charge is 2.21. The Kier molecular flexibility index (Phi) is 5.54. The molecular weight excluding hydrogens is 272 g/mol. The largest absolute Gasteiger partial charge is 0.383 e. The Hall–Kier alpha value is -0.940. The summed E-state index contributed by atoms with van der Waals surface area (Å²) >= 11 is 1.60. The first-order valence-corrected chi connectivity index (χ1v) is 8.19. The van der Waals surface area contributed by atoms with Crippen LogP contribution in [0.15, 0.2) is 4.99 Å². The summed E-state index contributed by atoms with van der Waals surface area (Å²) in [5.74, 6) is 0.208. The van der Waals surface area contributed by atoms with Crippen LogP contribution in [0, 0.1) is 19.8 Å². The summed E-state index contributed by atoms with van der Waals surface area (Å²) in [6.07, 6.45) is 5.60. The van der Waals surface area contributed by atoms with Crippen LogP contribution in [0.2, 0.25) is 0 Å². The first-order valence-electron chi connectivity index (χ1n) is 7.38. The Morgan fingerprint density at radius 2 is 2.05 bits per heavy atom. The van der Waals surface area contributed by atoms with E-state index in [-0.39, 0.29) is 11.8 Å². The van der Waals surface area contributed by atoms with Gasteiger partial charge in [-0.25, -0.2) is 0 Å². The van der Waals surface area contributed by atoms with Crippen molar-refractivity contribution in [2.75, 3.05) is 13.7 Å². The molecule has 1 saturated carbocycles. The van der Waals surface area contributed by atoms with E-state index in [1.54, 1.807) is 18.4 Å². The van der Waals surface area contributed by atoms with E-state index in [1.807, 2.05) is 0 Å². The summed E-state index contributed by atoms with van der Waals surface area (Å²) in [7, 11) is 1.69. The minimum Gasteiger partial charge on any atom is -0.383 e. The van der Waals surface area contributed by atoms with Crippen molar-refractivity contribution in [3.8, 4) is 0 Å². The van der Waals surface area contributed by atoms with Gasteiger partial charge in [0.05, 0.1) is 6.61 Å². The molecule has 0 spiro atoms. The van der Waals surface area contributed by atoms with E-state index >= 15 is 0 Å². The smallest absolute Gasteiger partial charge is 0.251 e. The van der Waals surface area contributed by atoms with Crippen molar-refractivity contribution in [1.29, 1.82) is 0 Å². The third kappa shape index (κ3) is 3.58. The standard InChI is InChI=1S/C15H24N2O2S/c1-11-12(2)20-15(17(11)9-10-19-3)16-14(18)13-7-5-4-6-8-13/h13H,4-10H2,1-3H3. The molecule has 5 heteroatoms. The lowest BCUT2D eigenvalue weighted by molar-refractivity contribution is -0.122. The highest BCUT2D eigenvalue weighted by Crippen LogP contribution is 2.24. The van der Waals surface area contributed by atoms with Crippen LogP contribution in [0.1, 0.15) is 42.7 Å². The molecule has 1 fully saturated rings. The van der Waals surface area contributed by atoms with Gasteiger partial charge in [-0.15, -0.1) is 11.3 Å². The van der Waals surface area contributed by atoms with Crippen molar-refractivity contribution in [3.05, 3.63) is 15.4 Å². The summed E-state index contributed by atoms with van der Waals surface area (Å²) in [5.41, 5.74) is 1.18. The maximum absolute atomic E-state index is 12.3. The number of hydrogen-bond donors (Lipinski definition) is 0. The zero-order valence-electron chi connectivity index (χ0n) is 12.6. The van der Waals surface area contributed by atoms with Crippen molar-refractivity contribution in [2.45, 2.75) is 52.5 Å². The van der Waals surface area contributed by atoms with Crippen molar-refractivity contribution in [1.82, 2.24) is 4.57 Å². The molecule has 1 aliphatic carbocycles. The molecule has 0 N–H and O–H groups in total. The highest BCUT2D eigenvalue weighted by molar-refractivity contribution is 7.09. The molecule has 2 rings (SSSR count). The number of aromatic nitrogens is 1. The number of ether oxygens (including phenoxy) is 1. The number of amides is 1. The Labute approximate surface area is 124 Å². The van der Waals surface area contributed by atoms with Crippen molar-refractivity contribution in [2.24, 2.45) is 10.9 Å². The van der Waals surface area contributed by atoms with E-state index in [0.717, 1.165) is 37.0 Å². The number of thiazole rings is 1. The average Bonchev–Trinajstić information content (AvgIpc) is 2.72. The SMILES string of the molecule is COCCn1c(C)c(C)sc1=NC(=O)C1CCCCC1. The maximum atomic E-state index is 12.3. The second-order valence-electron chi connectivity index (χ2n) is 5.46. The highest BCUT2D eigenvalue weighted by atomic mass is 32.1. The molecule has 1 aromatic rings. The number of nitrogens with zero attached hydrogens (tertiary/aromatic N) is 2.